The van der Waals surface area contributed by atoms with Gasteiger partial charge in [0.25, 0.3) is 0 Å². The summed E-state index contributed by atoms with van der Waals surface area (Å²) in [5.41, 5.74) is 5.00. The standard InChI is InChI=1S/C19H24N2O3S/c1-19(2,3)24-18(22)21(4)11-16-14-6-5-7-15(13(14)8-9-23-16)17-10-20-12-25-17/h5-7,10,12,16H,8-9,11H2,1-4H3/t16-/m1/s1. The Labute approximate surface area is 152 Å². The molecule has 0 spiro atoms. The molecule has 1 atom stereocenters. The molecule has 2 heterocycles. The van der Waals surface area contributed by atoms with Crippen molar-refractivity contribution in [1.29, 1.82) is 0 Å². The molecule has 0 unspecified atom stereocenters. The van der Waals surface area contributed by atoms with Crippen LogP contribution in [0.15, 0.2) is 29.9 Å². The van der Waals surface area contributed by atoms with E-state index < -0.39 is 5.60 Å². The number of carbonyl (C=O) groups excluding carboxylic acids is 1. The summed E-state index contributed by atoms with van der Waals surface area (Å²) in [4.78, 5) is 19.2. The van der Waals surface area contributed by atoms with Crippen LogP contribution in [0.4, 0.5) is 4.79 Å². The van der Waals surface area contributed by atoms with E-state index >= 15 is 0 Å². The first-order chi connectivity index (χ1) is 11.8. The second-order valence-corrected chi connectivity index (χ2v) is 8.10. The lowest BCUT2D eigenvalue weighted by atomic mass is 9.92. The molecule has 0 aliphatic carbocycles. The smallest absolute Gasteiger partial charge is 0.410 e. The number of fused-ring (bicyclic) bond motifs is 1. The lowest BCUT2D eigenvalue weighted by Crippen LogP contribution is -2.38. The summed E-state index contributed by atoms with van der Waals surface area (Å²) in [5, 5.41) is 0. The maximum absolute atomic E-state index is 12.2. The molecule has 0 fully saturated rings. The Hall–Kier alpha value is -1.92. The average molecular weight is 360 g/mol. The molecule has 1 aliphatic rings. The predicted octanol–water partition coefficient (Wildman–Crippen LogP) is 4.29. The Bertz CT molecular complexity index is 738. The Balaban J connectivity index is 1.80. The molecule has 1 aromatic heterocycles. The minimum absolute atomic E-state index is 0.144. The van der Waals surface area contributed by atoms with Crippen LogP contribution in [0.1, 0.15) is 38.0 Å². The van der Waals surface area contributed by atoms with Gasteiger partial charge in [-0.1, -0.05) is 18.2 Å². The first-order valence-electron chi connectivity index (χ1n) is 8.41. The van der Waals surface area contributed by atoms with Crippen molar-refractivity contribution in [2.24, 2.45) is 0 Å². The Morgan fingerprint density at radius 2 is 2.24 bits per heavy atom. The van der Waals surface area contributed by atoms with Gasteiger partial charge in [0.1, 0.15) is 11.7 Å². The van der Waals surface area contributed by atoms with Crippen LogP contribution in [0.25, 0.3) is 10.4 Å². The van der Waals surface area contributed by atoms with Gasteiger partial charge in [-0.2, -0.15) is 0 Å². The third kappa shape index (κ3) is 4.19. The largest absolute Gasteiger partial charge is 0.444 e. The van der Waals surface area contributed by atoms with Gasteiger partial charge in [0.2, 0.25) is 0 Å². The highest BCUT2D eigenvalue weighted by Crippen LogP contribution is 2.36. The van der Waals surface area contributed by atoms with Crippen molar-refractivity contribution in [3.63, 3.8) is 0 Å². The number of aromatic nitrogens is 1. The van der Waals surface area contributed by atoms with Crippen LogP contribution in [-0.2, 0) is 15.9 Å². The van der Waals surface area contributed by atoms with Gasteiger partial charge in [0.05, 0.1) is 23.5 Å². The Morgan fingerprint density at radius 3 is 2.92 bits per heavy atom. The fraction of sp³-hybridized carbons (Fsp3) is 0.474. The van der Waals surface area contributed by atoms with Gasteiger partial charge in [-0.25, -0.2) is 4.79 Å². The topological polar surface area (TPSA) is 51.7 Å². The van der Waals surface area contributed by atoms with E-state index in [2.05, 4.69) is 17.1 Å². The van der Waals surface area contributed by atoms with Crippen molar-refractivity contribution >= 4 is 17.4 Å². The summed E-state index contributed by atoms with van der Waals surface area (Å²) >= 11 is 1.64. The van der Waals surface area contributed by atoms with E-state index in [9.17, 15) is 4.79 Å². The predicted molar refractivity (Wildman–Crippen MR) is 98.8 cm³/mol. The highest BCUT2D eigenvalue weighted by Gasteiger charge is 2.27. The molecule has 1 aliphatic heterocycles. The van der Waals surface area contributed by atoms with Crippen LogP contribution >= 0.6 is 11.3 Å². The van der Waals surface area contributed by atoms with E-state index in [0.717, 1.165) is 16.9 Å². The molecule has 0 bridgehead atoms. The summed E-state index contributed by atoms with van der Waals surface area (Å²) in [6.45, 7) is 6.72. The van der Waals surface area contributed by atoms with E-state index in [-0.39, 0.29) is 12.2 Å². The lowest BCUT2D eigenvalue weighted by molar-refractivity contribution is -0.00157. The van der Waals surface area contributed by atoms with E-state index in [4.69, 9.17) is 9.47 Å². The zero-order chi connectivity index (χ0) is 18.0. The fourth-order valence-corrected chi connectivity index (χ4v) is 3.65. The highest BCUT2D eigenvalue weighted by molar-refractivity contribution is 7.13. The summed E-state index contributed by atoms with van der Waals surface area (Å²) < 4.78 is 11.4. The first kappa shape index (κ1) is 17.9. The zero-order valence-electron chi connectivity index (χ0n) is 15.1. The molecule has 5 nitrogen and oxygen atoms in total. The van der Waals surface area contributed by atoms with E-state index in [1.807, 2.05) is 38.5 Å². The molecule has 1 aromatic carbocycles. The summed E-state index contributed by atoms with van der Waals surface area (Å²) in [6.07, 6.45) is 2.30. The highest BCUT2D eigenvalue weighted by atomic mass is 32.1. The van der Waals surface area contributed by atoms with Crippen molar-refractivity contribution in [2.75, 3.05) is 20.2 Å². The number of thiazole rings is 1. The number of amides is 1. The van der Waals surface area contributed by atoms with Gasteiger partial charge in [-0.15, -0.1) is 11.3 Å². The molecule has 25 heavy (non-hydrogen) atoms. The molecule has 0 saturated heterocycles. The molecule has 0 N–H and O–H groups in total. The number of ether oxygens (including phenoxy) is 2. The number of benzene rings is 1. The van der Waals surface area contributed by atoms with Gasteiger partial charge < -0.3 is 14.4 Å². The van der Waals surface area contributed by atoms with Crippen molar-refractivity contribution in [3.8, 4) is 10.4 Å². The summed E-state index contributed by atoms with van der Waals surface area (Å²) in [6, 6.07) is 6.27. The average Bonchev–Trinajstić information content (AvgIpc) is 3.07. The van der Waals surface area contributed by atoms with Crippen molar-refractivity contribution in [1.82, 2.24) is 9.88 Å². The minimum Gasteiger partial charge on any atom is -0.444 e. The SMILES string of the molecule is CN(C[C@H]1OCCc2c(-c3cncs3)cccc21)C(=O)OC(C)(C)C. The number of hydrogen-bond donors (Lipinski definition) is 0. The third-order valence-electron chi connectivity index (χ3n) is 4.07. The Kier molecular flexibility index (Phi) is 5.11. The van der Waals surface area contributed by atoms with E-state index in [1.54, 1.807) is 23.3 Å². The van der Waals surface area contributed by atoms with Gasteiger partial charge >= 0.3 is 6.09 Å². The number of carbonyl (C=O) groups is 1. The van der Waals surface area contributed by atoms with Crippen LogP contribution < -0.4 is 0 Å². The molecule has 0 radical (unpaired) electrons. The third-order valence-corrected chi connectivity index (χ3v) is 4.88. The molecule has 3 rings (SSSR count). The fourth-order valence-electron chi connectivity index (χ4n) is 2.97. The second-order valence-electron chi connectivity index (χ2n) is 7.21. The van der Waals surface area contributed by atoms with Crippen molar-refractivity contribution < 1.29 is 14.3 Å². The summed E-state index contributed by atoms with van der Waals surface area (Å²) in [5.74, 6) is 0. The van der Waals surface area contributed by atoms with Gasteiger partial charge in [0, 0.05) is 13.2 Å². The molecular formula is C19H24N2O3S. The number of nitrogens with zero attached hydrogens (tertiary/aromatic N) is 2. The number of hydrogen-bond acceptors (Lipinski definition) is 5. The first-order valence-corrected chi connectivity index (χ1v) is 9.29. The quantitative estimate of drug-likeness (QED) is 0.819. The van der Waals surface area contributed by atoms with Crippen LogP contribution in [0, 0.1) is 0 Å². The second kappa shape index (κ2) is 7.14. The molecule has 2 aromatic rings. The van der Waals surface area contributed by atoms with Crippen LogP contribution in [-0.4, -0.2) is 41.8 Å². The maximum Gasteiger partial charge on any atom is 0.410 e. The van der Waals surface area contributed by atoms with E-state index in [0.29, 0.717) is 13.2 Å². The van der Waals surface area contributed by atoms with Crippen molar-refractivity contribution in [2.45, 2.75) is 38.9 Å². The molecule has 0 saturated carbocycles. The molecule has 6 heteroatoms. The summed E-state index contributed by atoms with van der Waals surface area (Å²) in [7, 11) is 1.75. The maximum atomic E-state index is 12.2. The van der Waals surface area contributed by atoms with E-state index in [1.165, 1.54) is 11.1 Å². The molecule has 134 valence electrons. The normalized spacial score (nSPS) is 17.0. The molecule has 1 amide bonds. The monoisotopic (exact) mass is 360 g/mol. The molecular weight excluding hydrogens is 336 g/mol. The number of rotatable bonds is 3. The lowest BCUT2D eigenvalue weighted by Gasteiger charge is -2.31. The van der Waals surface area contributed by atoms with Crippen LogP contribution in [0.5, 0.6) is 0 Å². The van der Waals surface area contributed by atoms with Crippen molar-refractivity contribution in [3.05, 3.63) is 41.0 Å². The minimum atomic E-state index is -0.504. The van der Waals surface area contributed by atoms with Gasteiger partial charge in [0.15, 0.2) is 0 Å². The van der Waals surface area contributed by atoms with Gasteiger partial charge in [-0.05, 0) is 43.9 Å². The van der Waals surface area contributed by atoms with Crippen LogP contribution in [0.3, 0.4) is 0 Å². The van der Waals surface area contributed by atoms with Gasteiger partial charge in [-0.3, -0.25) is 4.98 Å². The Morgan fingerprint density at radius 1 is 1.44 bits per heavy atom. The zero-order valence-corrected chi connectivity index (χ0v) is 15.9. The number of likely N-dealkylation sites (N-methyl/N-ethyl adjacent to an activating group) is 1. The van der Waals surface area contributed by atoms with Crippen LogP contribution in [0.2, 0.25) is 0 Å².